The fourth-order valence-corrected chi connectivity index (χ4v) is 5.14. The number of allylic oxidation sites excluding steroid dienone is 6. The number of phenols is 2. The van der Waals surface area contributed by atoms with Crippen molar-refractivity contribution >= 4 is 21.5 Å². The summed E-state index contributed by atoms with van der Waals surface area (Å²) in [5.41, 5.74) is 6.61. The SMILES string of the molecule is CC(C)=CCCC(C)=CCCc1ccc2c(O)c3cc(CCC=C(C)CCCC(C)C)ccc3c(O)c2c1. The molecule has 0 aliphatic carbocycles. The van der Waals surface area contributed by atoms with Crippen LogP contribution in [0, 0.1) is 5.92 Å². The van der Waals surface area contributed by atoms with Crippen molar-refractivity contribution in [1.29, 1.82) is 0 Å². The first-order chi connectivity index (χ1) is 18.2. The highest BCUT2D eigenvalue weighted by atomic mass is 16.3. The first-order valence-electron chi connectivity index (χ1n) is 14.5. The van der Waals surface area contributed by atoms with Crippen molar-refractivity contribution in [3.8, 4) is 11.5 Å². The van der Waals surface area contributed by atoms with E-state index in [0.29, 0.717) is 10.8 Å². The number of fused-ring (bicyclic) bond motifs is 2. The molecule has 0 heterocycles. The second-order valence-corrected chi connectivity index (χ2v) is 11.7. The summed E-state index contributed by atoms with van der Waals surface area (Å²) in [7, 11) is 0. The Morgan fingerprint density at radius 1 is 0.658 bits per heavy atom. The lowest BCUT2D eigenvalue weighted by atomic mass is 9.95. The maximum atomic E-state index is 11.1. The molecule has 3 aromatic rings. The molecule has 204 valence electrons. The summed E-state index contributed by atoms with van der Waals surface area (Å²) in [4.78, 5) is 0. The molecule has 38 heavy (non-hydrogen) atoms. The molecule has 3 rings (SSSR count). The fourth-order valence-electron chi connectivity index (χ4n) is 5.14. The van der Waals surface area contributed by atoms with Crippen molar-refractivity contribution < 1.29 is 10.2 Å². The van der Waals surface area contributed by atoms with Gasteiger partial charge in [0.1, 0.15) is 11.5 Å². The Kier molecular flexibility index (Phi) is 11.1. The molecule has 0 aliphatic rings. The van der Waals surface area contributed by atoms with Gasteiger partial charge in [0, 0.05) is 21.5 Å². The van der Waals surface area contributed by atoms with E-state index < -0.39 is 0 Å². The van der Waals surface area contributed by atoms with Crippen LogP contribution in [0.3, 0.4) is 0 Å². The van der Waals surface area contributed by atoms with Gasteiger partial charge in [-0.25, -0.2) is 0 Å². The molecule has 0 aromatic heterocycles. The van der Waals surface area contributed by atoms with E-state index in [4.69, 9.17) is 0 Å². The minimum atomic E-state index is 0.260. The smallest absolute Gasteiger partial charge is 0.131 e. The highest BCUT2D eigenvalue weighted by Crippen LogP contribution is 2.42. The summed E-state index contributed by atoms with van der Waals surface area (Å²) in [5, 5.41) is 25.2. The molecule has 0 radical (unpaired) electrons. The van der Waals surface area contributed by atoms with Crippen molar-refractivity contribution in [2.45, 2.75) is 99.3 Å². The summed E-state index contributed by atoms with van der Waals surface area (Å²) in [6, 6.07) is 12.2. The fraction of sp³-hybridized carbons (Fsp3) is 0.444. The number of aryl methyl sites for hydroxylation is 2. The van der Waals surface area contributed by atoms with Gasteiger partial charge in [-0.3, -0.25) is 0 Å². The molecule has 0 saturated heterocycles. The van der Waals surface area contributed by atoms with Crippen molar-refractivity contribution in [1.82, 2.24) is 0 Å². The van der Waals surface area contributed by atoms with E-state index in [1.54, 1.807) is 0 Å². The molecule has 2 N–H and O–H groups in total. The van der Waals surface area contributed by atoms with E-state index >= 15 is 0 Å². The van der Waals surface area contributed by atoms with Crippen LogP contribution >= 0.6 is 0 Å². The van der Waals surface area contributed by atoms with Gasteiger partial charge in [-0.1, -0.05) is 79.5 Å². The third-order valence-electron chi connectivity index (χ3n) is 7.48. The monoisotopic (exact) mass is 512 g/mol. The lowest BCUT2D eigenvalue weighted by Crippen LogP contribution is -1.90. The Balaban J connectivity index is 1.71. The Morgan fingerprint density at radius 3 is 1.63 bits per heavy atom. The van der Waals surface area contributed by atoms with Gasteiger partial charge in [0.05, 0.1) is 0 Å². The Labute approximate surface area is 230 Å². The van der Waals surface area contributed by atoms with Crippen LogP contribution in [0.2, 0.25) is 0 Å². The van der Waals surface area contributed by atoms with Crippen LogP contribution in [0.15, 0.2) is 71.3 Å². The van der Waals surface area contributed by atoms with Crippen molar-refractivity contribution in [2.24, 2.45) is 5.92 Å². The summed E-state index contributed by atoms with van der Waals surface area (Å²) in [5.74, 6) is 1.29. The summed E-state index contributed by atoms with van der Waals surface area (Å²) >= 11 is 0. The number of hydrogen-bond acceptors (Lipinski definition) is 2. The molecule has 0 saturated carbocycles. The lowest BCUT2D eigenvalue weighted by molar-refractivity contribution is 0.478. The maximum Gasteiger partial charge on any atom is 0.131 e. The van der Waals surface area contributed by atoms with E-state index in [1.165, 1.54) is 47.1 Å². The molecule has 0 unspecified atom stereocenters. The quantitative estimate of drug-likeness (QED) is 0.136. The standard InChI is InChI=1S/C36H48O2/c1-25(2)11-7-13-27(5)15-9-17-29-19-21-31-33(23-29)35(37)32-22-20-30(24-34(32)36(31)38)18-10-16-28(6)14-8-12-26(3)4/h11,15-16,19-24,26,37-38H,7-10,12-14,17-18H2,1-6H3. The highest BCUT2D eigenvalue weighted by molar-refractivity contribution is 6.10. The topological polar surface area (TPSA) is 40.5 Å². The van der Waals surface area contributed by atoms with Crippen molar-refractivity contribution in [3.05, 3.63) is 82.5 Å². The number of hydrogen-bond donors (Lipinski definition) is 2. The number of rotatable bonds is 13. The van der Waals surface area contributed by atoms with E-state index in [-0.39, 0.29) is 11.5 Å². The maximum absolute atomic E-state index is 11.1. The molecule has 0 amide bonds. The Morgan fingerprint density at radius 2 is 1.16 bits per heavy atom. The Hall–Kier alpha value is -3.00. The van der Waals surface area contributed by atoms with Gasteiger partial charge in [-0.05, 0) is 108 Å². The molecule has 0 atom stereocenters. The zero-order valence-corrected chi connectivity index (χ0v) is 24.5. The van der Waals surface area contributed by atoms with Crippen LogP contribution < -0.4 is 0 Å². The minimum absolute atomic E-state index is 0.260. The number of phenolic OH excluding ortho intramolecular Hbond substituents is 2. The average Bonchev–Trinajstić information content (AvgIpc) is 2.86. The second kappa shape index (κ2) is 14.2. The zero-order valence-electron chi connectivity index (χ0n) is 24.5. The molecular formula is C36H48O2. The van der Waals surface area contributed by atoms with Crippen LogP contribution in [0.5, 0.6) is 11.5 Å². The number of aromatic hydroxyl groups is 2. The van der Waals surface area contributed by atoms with Crippen LogP contribution in [0.4, 0.5) is 0 Å². The third-order valence-corrected chi connectivity index (χ3v) is 7.48. The van der Waals surface area contributed by atoms with Crippen LogP contribution in [-0.4, -0.2) is 10.2 Å². The molecule has 3 aromatic carbocycles. The molecule has 2 nitrogen and oxygen atoms in total. The normalized spacial score (nSPS) is 12.6. The molecule has 0 aliphatic heterocycles. The van der Waals surface area contributed by atoms with Gasteiger partial charge in [0.25, 0.3) is 0 Å². The van der Waals surface area contributed by atoms with E-state index in [9.17, 15) is 10.2 Å². The first-order valence-corrected chi connectivity index (χ1v) is 14.5. The summed E-state index contributed by atoms with van der Waals surface area (Å²) in [6.45, 7) is 13.3. The predicted octanol–water partition coefficient (Wildman–Crippen LogP) is 10.7. The van der Waals surface area contributed by atoms with Crippen LogP contribution in [0.25, 0.3) is 21.5 Å². The van der Waals surface area contributed by atoms with Crippen LogP contribution in [-0.2, 0) is 12.8 Å². The lowest BCUT2D eigenvalue weighted by Gasteiger charge is -2.12. The molecule has 0 bridgehead atoms. The predicted molar refractivity (Wildman–Crippen MR) is 166 cm³/mol. The molecular weight excluding hydrogens is 464 g/mol. The first kappa shape index (κ1) is 29.6. The summed E-state index contributed by atoms with van der Waals surface area (Å²) < 4.78 is 0. The highest BCUT2D eigenvalue weighted by Gasteiger charge is 2.14. The largest absolute Gasteiger partial charge is 0.507 e. The average molecular weight is 513 g/mol. The van der Waals surface area contributed by atoms with Gasteiger partial charge in [-0.15, -0.1) is 0 Å². The summed E-state index contributed by atoms with van der Waals surface area (Å²) in [6.07, 6.45) is 16.7. The minimum Gasteiger partial charge on any atom is -0.507 e. The van der Waals surface area contributed by atoms with E-state index in [2.05, 4.69) is 71.9 Å². The van der Waals surface area contributed by atoms with E-state index in [1.807, 2.05) is 24.3 Å². The van der Waals surface area contributed by atoms with Gasteiger partial charge >= 0.3 is 0 Å². The zero-order chi connectivity index (χ0) is 27.7. The van der Waals surface area contributed by atoms with Gasteiger partial charge in [0.2, 0.25) is 0 Å². The van der Waals surface area contributed by atoms with Crippen molar-refractivity contribution in [2.75, 3.05) is 0 Å². The number of benzene rings is 3. The van der Waals surface area contributed by atoms with Crippen LogP contribution in [0.1, 0.15) is 97.6 Å². The van der Waals surface area contributed by atoms with Gasteiger partial charge in [0.15, 0.2) is 0 Å². The third kappa shape index (κ3) is 8.51. The molecule has 0 fully saturated rings. The van der Waals surface area contributed by atoms with Crippen molar-refractivity contribution in [3.63, 3.8) is 0 Å². The van der Waals surface area contributed by atoms with Gasteiger partial charge in [-0.2, -0.15) is 0 Å². The van der Waals surface area contributed by atoms with E-state index in [0.717, 1.165) is 55.2 Å². The molecule has 0 spiro atoms. The molecule has 2 heteroatoms. The Bertz CT molecular complexity index is 1320. The van der Waals surface area contributed by atoms with Gasteiger partial charge < -0.3 is 10.2 Å². The second-order valence-electron chi connectivity index (χ2n) is 11.7.